The third kappa shape index (κ3) is 4.50. The third-order valence-corrected chi connectivity index (χ3v) is 4.83. The van der Waals surface area contributed by atoms with E-state index in [1.54, 1.807) is 31.2 Å². The average Bonchev–Trinajstić information content (AvgIpc) is 2.43. The van der Waals surface area contributed by atoms with Crippen LogP contribution in [-0.4, -0.2) is 38.1 Å². The SMILES string of the molecule is CCN(Cc1ccccc1N)S(=O)(=O)CCC(=O)OC. The summed E-state index contributed by atoms with van der Waals surface area (Å²) < 4.78 is 30.1. The van der Waals surface area contributed by atoms with E-state index < -0.39 is 16.0 Å². The molecular weight excluding hydrogens is 280 g/mol. The van der Waals surface area contributed by atoms with E-state index in [-0.39, 0.29) is 18.7 Å². The number of anilines is 1. The van der Waals surface area contributed by atoms with Crippen LogP contribution in [0.2, 0.25) is 0 Å². The van der Waals surface area contributed by atoms with Crippen LogP contribution >= 0.6 is 0 Å². The Morgan fingerprint density at radius 3 is 2.55 bits per heavy atom. The second-order valence-electron chi connectivity index (χ2n) is 4.27. The summed E-state index contributed by atoms with van der Waals surface area (Å²) in [4.78, 5) is 11.1. The van der Waals surface area contributed by atoms with Crippen LogP contribution in [-0.2, 0) is 26.1 Å². The van der Waals surface area contributed by atoms with E-state index in [9.17, 15) is 13.2 Å². The minimum atomic E-state index is -3.52. The first-order valence-corrected chi connectivity index (χ1v) is 7.89. The number of nitrogen functional groups attached to an aromatic ring is 1. The quantitative estimate of drug-likeness (QED) is 0.599. The molecule has 0 aliphatic rings. The fraction of sp³-hybridized carbons (Fsp3) is 0.462. The van der Waals surface area contributed by atoms with Gasteiger partial charge in [0.15, 0.2) is 0 Å². The lowest BCUT2D eigenvalue weighted by Gasteiger charge is -2.21. The van der Waals surface area contributed by atoms with Crippen LogP contribution in [0, 0.1) is 0 Å². The fourth-order valence-corrected chi connectivity index (χ4v) is 3.13. The standard InChI is InChI=1S/C13H20N2O4S/c1-3-15(10-11-6-4-5-7-12(11)14)20(17,18)9-8-13(16)19-2/h4-7H,3,8-10,14H2,1-2H3. The summed E-state index contributed by atoms with van der Waals surface area (Å²) in [7, 11) is -2.28. The zero-order chi connectivity index (χ0) is 15.2. The molecule has 0 radical (unpaired) electrons. The number of esters is 1. The molecule has 0 aromatic heterocycles. The van der Waals surface area contributed by atoms with E-state index in [2.05, 4.69) is 4.74 Å². The Balaban J connectivity index is 2.79. The van der Waals surface area contributed by atoms with Crippen molar-refractivity contribution in [2.45, 2.75) is 19.9 Å². The lowest BCUT2D eigenvalue weighted by Crippen LogP contribution is -2.33. The fourth-order valence-electron chi connectivity index (χ4n) is 1.72. The summed E-state index contributed by atoms with van der Waals surface area (Å²) in [6.45, 7) is 2.26. The van der Waals surface area contributed by atoms with Gasteiger partial charge >= 0.3 is 5.97 Å². The van der Waals surface area contributed by atoms with Gasteiger partial charge in [0, 0.05) is 18.8 Å². The highest BCUT2D eigenvalue weighted by Crippen LogP contribution is 2.16. The molecule has 0 atom stereocenters. The first kappa shape index (κ1) is 16.5. The van der Waals surface area contributed by atoms with Gasteiger partial charge in [0.2, 0.25) is 10.0 Å². The summed E-state index contributed by atoms with van der Waals surface area (Å²) in [5, 5.41) is 0. The Hall–Kier alpha value is -1.60. The van der Waals surface area contributed by atoms with E-state index in [1.807, 2.05) is 0 Å². The predicted molar refractivity (Wildman–Crippen MR) is 77.4 cm³/mol. The van der Waals surface area contributed by atoms with Crippen LogP contribution in [0.1, 0.15) is 18.9 Å². The zero-order valence-corrected chi connectivity index (χ0v) is 12.5. The van der Waals surface area contributed by atoms with Crippen LogP contribution in [0.15, 0.2) is 24.3 Å². The van der Waals surface area contributed by atoms with E-state index in [0.717, 1.165) is 5.56 Å². The number of rotatable bonds is 7. The molecular formula is C13H20N2O4S. The van der Waals surface area contributed by atoms with Crippen molar-refractivity contribution in [3.05, 3.63) is 29.8 Å². The second kappa shape index (κ2) is 7.25. The van der Waals surface area contributed by atoms with Crippen molar-refractivity contribution < 1.29 is 17.9 Å². The predicted octanol–water partition coefficient (Wildman–Crippen LogP) is 0.984. The highest BCUT2D eigenvalue weighted by Gasteiger charge is 2.22. The van der Waals surface area contributed by atoms with Crippen molar-refractivity contribution in [1.29, 1.82) is 0 Å². The van der Waals surface area contributed by atoms with E-state index >= 15 is 0 Å². The molecule has 0 saturated heterocycles. The molecule has 6 nitrogen and oxygen atoms in total. The molecule has 0 heterocycles. The van der Waals surface area contributed by atoms with Crippen molar-refractivity contribution in [3.63, 3.8) is 0 Å². The molecule has 0 aliphatic carbocycles. The minimum Gasteiger partial charge on any atom is -0.469 e. The third-order valence-electron chi connectivity index (χ3n) is 2.94. The molecule has 1 rings (SSSR count). The highest BCUT2D eigenvalue weighted by molar-refractivity contribution is 7.89. The topological polar surface area (TPSA) is 89.7 Å². The molecule has 0 aliphatic heterocycles. The number of sulfonamides is 1. The van der Waals surface area contributed by atoms with Crippen molar-refractivity contribution in [3.8, 4) is 0 Å². The second-order valence-corrected chi connectivity index (χ2v) is 6.36. The Labute approximate surface area is 119 Å². The summed E-state index contributed by atoms with van der Waals surface area (Å²) in [5.41, 5.74) is 7.11. The molecule has 0 amide bonds. The summed E-state index contributed by atoms with van der Waals surface area (Å²) in [5.74, 6) is -0.802. The number of hydrogen-bond donors (Lipinski definition) is 1. The van der Waals surface area contributed by atoms with E-state index in [0.29, 0.717) is 12.2 Å². The molecule has 2 N–H and O–H groups in total. The zero-order valence-electron chi connectivity index (χ0n) is 11.7. The van der Waals surface area contributed by atoms with Crippen LogP contribution in [0.25, 0.3) is 0 Å². The van der Waals surface area contributed by atoms with Gasteiger partial charge in [-0.1, -0.05) is 25.1 Å². The normalized spacial score (nSPS) is 11.6. The molecule has 1 aromatic rings. The van der Waals surface area contributed by atoms with E-state index in [1.165, 1.54) is 11.4 Å². The molecule has 0 spiro atoms. The van der Waals surface area contributed by atoms with Gasteiger partial charge in [-0.25, -0.2) is 8.42 Å². The molecule has 112 valence electrons. The van der Waals surface area contributed by atoms with Crippen LogP contribution in [0.5, 0.6) is 0 Å². The summed E-state index contributed by atoms with van der Waals surface area (Å²) in [6.07, 6.45) is -0.153. The lowest BCUT2D eigenvalue weighted by molar-refractivity contribution is -0.140. The Morgan fingerprint density at radius 1 is 1.35 bits per heavy atom. The number of ether oxygens (including phenoxy) is 1. The number of carbonyl (C=O) groups excluding carboxylic acids is 1. The summed E-state index contributed by atoms with van der Waals surface area (Å²) >= 11 is 0. The molecule has 0 fully saturated rings. The first-order chi connectivity index (χ1) is 9.40. The van der Waals surface area contributed by atoms with Crippen LogP contribution in [0.3, 0.4) is 0 Å². The number of benzene rings is 1. The molecule has 0 saturated carbocycles. The Kier molecular flexibility index (Phi) is 5.97. The average molecular weight is 300 g/mol. The van der Waals surface area contributed by atoms with Gasteiger partial charge in [-0.2, -0.15) is 4.31 Å². The van der Waals surface area contributed by atoms with Gasteiger partial charge < -0.3 is 10.5 Å². The summed E-state index contributed by atoms with van der Waals surface area (Å²) in [6, 6.07) is 7.11. The van der Waals surface area contributed by atoms with Crippen molar-refractivity contribution in [2.75, 3.05) is 25.1 Å². The number of para-hydroxylation sites is 1. The molecule has 0 bridgehead atoms. The Morgan fingerprint density at radius 2 is 2.00 bits per heavy atom. The number of nitrogens with two attached hydrogens (primary N) is 1. The van der Waals surface area contributed by atoms with Gasteiger partial charge in [-0.15, -0.1) is 0 Å². The highest BCUT2D eigenvalue weighted by atomic mass is 32.2. The van der Waals surface area contributed by atoms with E-state index in [4.69, 9.17) is 5.73 Å². The number of hydrogen-bond acceptors (Lipinski definition) is 5. The van der Waals surface area contributed by atoms with Gasteiger partial charge in [0.05, 0.1) is 19.3 Å². The maximum Gasteiger partial charge on any atom is 0.306 e. The van der Waals surface area contributed by atoms with Gasteiger partial charge in [0.1, 0.15) is 0 Å². The lowest BCUT2D eigenvalue weighted by atomic mass is 10.2. The monoisotopic (exact) mass is 300 g/mol. The smallest absolute Gasteiger partial charge is 0.306 e. The maximum atomic E-state index is 12.2. The van der Waals surface area contributed by atoms with Gasteiger partial charge in [-0.3, -0.25) is 4.79 Å². The van der Waals surface area contributed by atoms with Gasteiger partial charge in [0.25, 0.3) is 0 Å². The van der Waals surface area contributed by atoms with Crippen LogP contribution in [0.4, 0.5) is 5.69 Å². The molecule has 7 heteroatoms. The molecule has 20 heavy (non-hydrogen) atoms. The minimum absolute atomic E-state index is 0.153. The maximum absolute atomic E-state index is 12.2. The Bertz CT molecular complexity index is 557. The number of nitrogens with zero attached hydrogens (tertiary/aromatic N) is 1. The molecule has 1 aromatic carbocycles. The largest absolute Gasteiger partial charge is 0.469 e. The van der Waals surface area contributed by atoms with Crippen molar-refractivity contribution in [1.82, 2.24) is 4.31 Å². The first-order valence-electron chi connectivity index (χ1n) is 6.28. The number of carbonyl (C=O) groups is 1. The van der Waals surface area contributed by atoms with Crippen molar-refractivity contribution >= 4 is 21.7 Å². The van der Waals surface area contributed by atoms with Crippen molar-refractivity contribution in [2.24, 2.45) is 0 Å². The number of methoxy groups -OCH3 is 1. The molecule has 0 unspecified atom stereocenters. The van der Waals surface area contributed by atoms with Crippen LogP contribution < -0.4 is 5.73 Å². The van der Waals surface area contributed by atoms with Gasteiger partial charge in [-0.05, 0) is 11.6 Å².